The van der Waals surface area contributed by atoms with Gasteiger partial charge in [0.05, 0.1) is 0 Å². The Hall–Kier alpha value is -1.06. The van der Waals surface area contributed by atoms with Crippen LogP contribution in [0.4, 0.5) is 5.69 Å². The molecule has 0 aliphatic carbocycles. The third kappa shape index (κ3) is 2.37. The van der Waals surface area contributed by atoms with Gasteiger partial charge in [-0.3, -0.25) is 4.90 Å². The van der Waals surface area contributed by atoms with E-state index < -0.39 is 0 Å². The van der Waals surface area contributed by atoms with Gasteiger partial charge in [-0.15, -0.1) is 0 Å². The fourth-order valence-corrected chi connectivity index (χ4v) is 3.41. The number of piperazine rings is 1. The Labute approximate surface area is 116 Å². The van der Waals surface area contributed by atoms with Crippen molar-refractivity contribution in [3.8, 4) is 0 Å². The molecule has 1 aromatic carbocycles. The van der Waals surface area contributed by atoms with E-state index in [-0.39, 0.29) is 0 Å². The second-order valence-corrected chi connectivity index (χ2v) is 6.11. The molecule has 1 N–H and O–H groups in total. The minimum absolute atomic E-state index is 0.626. The number of nitrogens with zero attached hydrogens (tertiary/aromatic N) is 2. The van der Waals surface area contributed by atoms with E-state index in [0.29, 0.717) is 12.1 Å². The average Bonchev–Trinajstić information content (AvgIpc) is 2.43. The first-order valence-corrected chi connectivity index (χ1v) is 7.45. The molecule has 19 heavy (non-hydrogen) atoms. The second kappa shape index (κ2) is 5.14. The van der Waals surface area contributed by atoms with Gasteiger partial charge in [-0.25, -0.2) is 0 Å². The Bertz CT molecular complexity index is 445. The van der Waals surface area contributed by atoms with Crippen LogP contribution in [-0.2, 0) is 13.0 Å². The number of benzene rings is 1. The lowest BCUT2D eigenvalue weighted by Gasteiger charge is -2.44. The third-order valence-electron chi connectivity index (χ3n) is 4.82. The van der Waals surface area contributed by atoms with E-state index in [0.717, 1.165) is 26.2 Å². The Morgan fingerprint density at radius 2 is 1.89 bits per heavy atom. The number of hydrogen-bond acceptors (Lipinski definition) is 3. The van der Waals surface area contributed by atoms with E-state index in [2.05, 4.69) is 54.2 Å². The molecule has 0 radical (unpaired) electrons. The van der Waals surface area contributed by atoms with Crippen LogP contribution in [0.2, 0.25) is 0 Å². The van der Waals surface area contributed by atoms with Gasteiger partial charge in [0.1, 0.15) is 0 Å². The summed E-state index contributed by atoms with van der Waals surface area (Å²) in [6.07, 6.45) is 1.17. The van der Waals surface area contributed by atoms with Crippen molar-refractivity contribution in [1.82, 2.24) is 10.2 Å². The fourth-order valence-electron chi connectivity index (χ4n) is 3.41. The maximum absolute atomic E-state index is 3.47. The summed E-state index contributed by atoms with van der Waals surface area (Å²) in [4.78, 5) is 5.09. The summed E-state index contributed by atoms with van der Waals surface area (Å²) < 4.78 is 0. The normalized spacial score (nSPS) is 28.3. The van der Waals surface area contributed by atoms with E-state index in [4.69, 9.17) is 0 Å². The van der Waals surface area contributed by atoms with Gasteiger partial charge in [0, 0.05) is 37.4 Å². The number of anilines is 1. The van der Waals surface area contributed by atoms with Gasteiger partial charge in [-0.2, -0.15) is 0 Å². The van der Waals surface area contributed by atoms with Crippen molar-refractivity contribution in [3.05, 3.63) is 29.3 Å². The quantitative estimate of drug-likeness (QED) is 0.830. The molecule has 2 heterocycles. The first-order chi connectivity index (χ1) is 9.16. The Morgan fingerprint density at radius 3 is 2.63 bits per heavy atom. The molecule has 2 aliphatic heterocycles. The van der Waals surface area contributed by atoms with Crippen LogP contribution in [-0.4, -0.2) is 43.7 Å². The van der Waals surface area contributed by atoms with Crippen molar-refractivity contribution in [2.75, 3.05) is 31.6 Å². The Balaban J connectivity index is 1.90. The molecule has 0 aromatic heterocycles. The molecule has 2 aliphatic rings. The Morgan fingerprint density at radius 1 is 1.16 bits per heavy atom. The lowest BCUT2D eigenvalue weighted by molar-refractivity contribution is 0.170. The van der Waals surface area contributed by atoms with E-state index >= 15 is 0 Å². The van der Waals surface area contributed by atoms with Gasteiger partial charge in [0.15, 0.2) is 0 Å². The predicted molar refractivity (Wildman–Crippen MR) is 80.8 cm³/mol. The highest BCUT2D eigenvalue weighted by Crippen LogP contribution is 2.29. The van der Waals surface area contributed by atoms with E-state index in [1.54, 1.807) is 5.56 Å². The molecule has 2 unspecified atom stereocenters. The maximum atomic E-state index is 3.47. The van der Waals surface area contributed by atoms with Crippen molar-refractivity contribution in [3.63, 3.8) is 0 Å². The number of hydrogen-bond donors (Lipinski definition) is 1. The zero-order chi connectivity index (χ0) is 13.4. The molecule has 3 rings (SSSR count). The molecule has 0 amide bonds. The topological polar surface area (TPSA) is 18.5 Å². The lowest BCUT2D eigenvalue weighted by atomic mass is 9.97. The summed E-state index contributed by atoms with van der Waals surface area (Å²) >= 11 is 0. The highest BCUT2D eigenvalue weighted by Gasteiger charge is 2.28. The Kier molecular flexibility index (Phi) is 3.50. The summed E-state index contributed by atoms with van der Waals surface area (Å²) in [5.41, 5.74) is 4.54. The number of fused-ring (bicyclic) bond motifs is 1. The van der Waals surface area contributed by atoms with Crippen molar-refractivity contribution < 1.29 is 0 Å². The molecule has 3 nitrogen and oxygen atoms in total. The highest BCUT2D eigenvalue weighted by molar-refractivity contribution is 5.58. The SMILES string of the molecule is CC1CN(c2cccc3c2CCNC3)CC(C)N1C. The van der Waals surface area contributed by atoms with Crippen molar-refractivity contribution in [2.45, 2.75) is 38.9 Å². The number of rotatable bonds is 1. The minimum Gasteiger partial charge on any atom is -0.368 e. The largest absolute Gasteiger partial charge is 0.368 e. The van der Waals surface area contributed by atoms with Gasteiger partial charge in [-0.1, -0.05) is 12.1 Å². The zero-order valence-electron chi connectivity index (χ0n) is 12.3. The molecule has 0 bridgehead atoms. The summed E-state index contributed by atoms with van der Waals surface area (Å²) in [6.45, 7) is 9.10. The molecule has 2 atom stereocenters. The van der Waals surface area contributed by atoms with Gasteiger partial charge in [0.25, 0.3) is 0 Å². The highest BCUT2D eigenvalue weighted by atomic mass is 15.3. The second-order valence-electron chi connectivity index (χ2n) is 6.11. The van der Waals surface area contributed by atoms with Crippen molar-refractivity contribution in [1.29, 1.82) is 0 Å². The van der Waals surface area contributed by atoms with Gasteiger partial charge in [0.2, 0.25) is 0 Å². The minimum atomic E-state index is 0.626. The van der Waals surface area contributed by atoms with Crippen molar-refractivity contribution in [2.24, 2.45) is 0 Å². The molecule has 3 heteroatoms. The van der Waals surface area contributed by atoms with E-state index in [1.165, 1.54) is 17.7 Å². The van der Waals surface area contributed by atoms with E-state index in [9.17, 15) is 0 Å². The molecular formula is C16H25N3. The monoisotopic (exact) mass is 259 g/mol. The molecular weight excluding hydrogens is 234 g/mol. The van der Waals surface area contributed by atoms with Crippen LogP contribution < -0.4 is 10.2 Å². The van der Waals surface area contributed by atoms with Gasteiger partial charge in [-0.05, 0) is 51.1 Å². The first kappa shape index (κ1) is 12.9. The third-order valence-corrected chi connectivity index (χ3v) is 4.82. The molecule has 104 valence electrons. The average molecular weight is 259 g/mol. The molecule has 0 spiro atoms. The summed E-state index contributed by atoms with van der Waals surface area (Å²) in [6, 6.07) is 8.06. The van der Waals surface area contributed by atoms with Crippen LogP contribution in [0.5, 0.6) is 0 Å². The maximum Gasteiger partial charge on any atom is 0.0403 e. The number of likely N-dealkylation sites (N-methyl/N-ethyl adjacent to an activating group) is 1. The lowest BCUT2D eigenvalue weighted by Crippen LogP contribution is -2.55. The first-order valence-electron chi connectivity index (χ1n) is 7.45. The van der Waals surface area contributed by atoms with Crippen LogP contribution in [0.15, 0.2) is 18.2 Å². The smallest absolute Gasteiger partial charge is 0.0403 e. The van der Waals surface area contributed by atoms with Crippen LogP contribution in [0.3, 0.4) is 0 Å². The fraction of sp³-hybridized carbons (Fsp3) is 0.625. The van der Waals surface area contributed by atoms with Crippen LogP contribution in [0, 0.1) is 0 Å². The van der Waals surface area contributed by atoms with Crippen LogP contribution >= 0.6 is 0 Å². The molecule has 1 saturated heterocycles. The standard InChI is InChI=1S/C16H25N3/c1-12-10-19(11-13(2)18(12)3)16-6-4-5-14-9-17-8-7-15(14)16/h4-6,12-13,17H,7-11H2,1-3H3. The molecule has 1 fully saturated rings. The van der Waals surface area contributed by atoms with Crippen molar-refractivity contribution >= 4 is 5.69 Å². The van der Waals surface area contributed by atoms with Crippen LogP contribution in [0.25, 0.3) is 0 Å². The van der Waals surface area contributed by atoms with Crippen LogP contribution in [0.1, 0.15) is 25.0 Å². The summed E-state index contributed by atoms with van der Waals surface area (Å²) in [5.74, 6) is 0. The summed E-state index contributed by atoms with van der Waals surface area (Å²) in [5, 5.41) is 3.47. The zero-order valence-corrected chi connectivity index (χ0v) is 12.3. The number of nitrogens with one attached hydrogen (secondary N) is 1. The summed E-state index contributed by atoms with van der Waals surface area (Å²) in [7, 11) is 2.25. The van der Waals surface area contributed by atoms with Gasteiger partial charge >= 0.3 is 0 Å². The molecule has 1 aromatic rings. The van der Waals surface area contributed by atoms with E-state index in [1.807, 2.05) is 0 Å². The molecule has 0 saturated carbocycles. The predicted octanol–water partition coefficient (Wildman–Crippen LogP) is 1.86. The van der Waals surface area contributed by atoms with Gasteiger partial charge < -0.3 is 10.2 Å².